The third-order valence-corrected chi connectivity index (χ3v) is 4.23. The van der Waals surface area contributed by atoms with E-state index in [9.17, 15) is 18.4 Å². The van der Waals surface area contributed by atoms with Gasteiger partial charge in [0.25, 0.3) is 0 Å². The molecule has 2 aromatic rings. The lowest BCUT2D eigenvalue weighted by Crippen LogP contribution is -2.27. The predicted molar refractivity (Wildman–Crippen MR) is 104 cm³/mol. The van der Waals surface area contributed by atoms with Gasteiger partial charge < -0.3 is 14.4 Å². The lowest BCUT2D eigenvalue weighted by Gasteiger charge is -2.25. The first-order chi connectivity index (χ1) is 14.0. The van der Waals surface area contributed by atoms with Crippen molar-refractivity contribution < 1.29 is 27.8 Å². The molecule has 7 heteroatoms. The molecule has 0 N–H and O–H groups in total. The molecule has 0 radical (unpaired) electrons. The van der Waals surface area contributed by atoms with Crippen molar-refractivity contribution in [2.75, 3.05) is 19.1 Å². The van der Waals surface area contributed by atoms with Gasteiger partial charge in [0, 0.05) is 17.8 Å². The number of anilines is 1. The Morgan fingerprint density at radius 3 is 2.21 bits per heavy atom. The average molecular weight is 397 g/mol. The van der Waals surface area contributed by atoms with Gasteiger partial charge in [-0.25, -0.2) is 18.4 Å². The molecule has 0 atom stereocenters. The zero-order valence-corrected chi connectivity index (χ0v) is 15.7. The summed E-state index contributed by atoms with van der Waals surface area (Å²) < 4.78 is 37.3. The molecule has 1 aliphatic rings. The van der Waals surface area contributed by atoms with E-state index in [4.69, 9.17) is 9.47 Å². The van der Waals surface area contributed by atoms with Crippen molar-refractivity contribution >= 4 is 17.6 Å². The molecule has 0 aliphatic carbocycles. The van der Waals surface area contributed by atoms with Gasteiger partial charge >= 0.3 is 11.9 Å². The molecule has 0 aromatic heterocycles. The molecule has 3 rings (SSSR count). The maximum absolute atomic E-state index is 13.8. The number of allylic oxidation sites excluding steroid dienone is 2. The van der Waals surface area contributed by atoms with Gasteiger partial charge in [0.1, 0.15) is 17.3 Å². The minimum Gasteiger partial charge on any atom is -0.465 e. The van der Waals surface area contributed by atoms with E-state index in [2.05, 4.69) is 0 Å². The summed E-state index contributed by atoms with van der Waals surface area (Å²) in [7, 11) is 2.39. The molecule has 0 saturated heterocycles. The highest BCUT2D eigenvalue weighted by Crippen LogP contribution is 2.35. The fourth-order valence-electron chi connectivity index (χ4n) is 2.99. The Morgan fingerprint density at radius 1 is 0.897 bits per heavy atom. The van der Waals surface area contributed by atoms with Crippen LogP contribution in [0, 0.1) is 11.6 Å². The molecule has 5 nitrogen and oxygen atoms in total. The van der Waals surface area contributed by atoms with Crippen LogP contribution in [0.3, 0.4) is 0 Å². The Labute approximate surface area is 166 Å². The molecule has 0 unspecified atom stereocenters. The third kappa shape index (κ3) is 4.08. The molecule has 0 saturated carbocycles. The molecule has 2 aromatic carbocycles. The van der Waals surface area contributed by atoms with E-state index in [1.165, 1.54) is 37.3 Å². The van der Waals surface area contributed by atoms with Gasteiger partial charge in [-0.1, -0.05) is 24.3 Å². The van der Waals surface area contributed by atoms with Crippen molar-refractivity contribution in [3.05, 3.63) is 89.8 Å². The van der Waals surface area contributed by atoms with Gasteiger partial charge in [-0.05, 0) is 35.9 Å². The summed E-state index contributed by atoms with van der Waals surface area (Å²) in [4.78, 5) is 26.3. The summed E-state index contributed by atoms with van der Waals surface area (Å²) in [5, 5.41) is 0. The van der Waals surface area contributed by atoms with E-state index in [0.717, 1.165) is 6.07 Å². The Kier molecular flexibility index (Phi) is 5.87. The first-order valence-electron chi connectivity index (χ1n) is 8.56. The molecule has 1 aliphatic heterocycles. The lowest BCUT2D eigenvalue weighted by molar-refractivity contribution is -0.139. The second kappa shape index (κ2) is 8.52. The molecule has 29 heavy (non-hydrogen) atoms. The van der Waals surface area contributed by atoms with E-state index in [1.807, 2.05) is 0 Å². The lowest BCUT2D eigenvalue weighted by atomic mass is 10.0. The van der Waals surface area contributed by atoms with E-state index in [1.54, 1.807) is 42.6 Å². The number of carbonyl (C=O) groups excluding carboxylic acids is 2. The normalized spacial score (nSPS) is 13.3. The van der Waals surface area contributed by atoms with Gasteiger partial charge in [0.2, 0.25) is 0 Å². The second-order valence-electron chi connectivity index (χ2n) is 5.99. The van der Waals surface area contributed by atoms with Crippen molar-refractivity contribution in [3.8, 4) is 11.1 Å². The number of rotatable bonds is 4. The van der Waals surface area contributed by atoms with Gasteiger partial charge in [0.05, 0.1) is 25.5 Å². The molecule has 0 bridgehead atoms. The molecule has 0 amide bonds. The number of hydrogen-bond acceptors (Lipinski definition) is 5. The molecule has 1 heterocycles. The summed E-state index contributed by atoms with van der Waals surface area (Å²) in [5.41, 5.74) is 1.02. The van der Waals surface area contributed by atoms with Gasteiger partial charge in [0.15, 0.2) is 0 Å². The van der Waals surface area contributed by atoms with Crippen LogP contribution in [0.25, 0.3) is 11.1 Å². The van der Waals surface area contributed by atoms with Crippen molar-refractivity contribution in [1.82, 2.24) is 0 Å². The molecular formula is C22H17F2NO4. The van der Waals surface area contributed by atoms with E-state index in [0.29, 0.717) is 11.3 Å². The van der Waals surface area contributed by atoms with E-state index in [-0.39, 0.29) is 16.8 Å². The Hall–Kier alpha value is -3.74. The van der Waals surface area contributed by atoms with Crippen LogP contribution in [0.4, 0.5) is 14.5 Å². The Bertz CT molecular complexity index is 1040. The highest BCUT2D eigenvalue weighted by Gasteiger charge is 2.28. The fourth-order valence-corrected chi connectivity index (χ4v) is 2.99. The van der Waals surface area contributed by atoms with Crippen LogP contribution in [-0.4, -0.2) is 26.2 Å². The maximum atomic E-state index is 13.8. The van der Waals surface area contributed by atoms with Crippen LogP contribution in [0.1, 0.15) is 0 Å². The summed E-state index contributed by atoms with van der Waals surface area (Å²) >= 11 is 0. The quantitative estimate of drug-likeness (QED) is 0.727. The summed E-state index contributed by atoms with van der Waals surface area (Å²) in [6, 6.07) is 9.86. The maximum Gasteiger partial charge on any atom is 0.355 e. The van der Waals surface area contributed by atoms with E-state index < -0.39 is 23.6 Å². The number of ether oxygens (including phenoxy) is 2. The monoisotopic (exact) mass is 397 g/mol. The average Bonchev–Trinajstić information content (AvgIpc) is 2.94. The number of nitrogens with zero attached hydrogens (tertiary/aromatic N) is 1. The fraction of sp³-hybridized carbons (Fsp3) is 0.0909. The van der Waals surface area contributed by atoms with Crippen molar-refractivity contribution in [2.45, 2.75) is 0 Å². The number of benzene rings is 2. The van der Waals surface area contributed by atoms with Crippen LogP contribution < -0.4 is 4.90 Å². The molecule has 148 valence electrons. The van der Waals surface area contributed by atoms with Crippen LogP contribution in [0.5, 0.6) is 0 Å². The summed E-state index contributed by atoms with van der Waals surface area (Å²) in [6.45, 7) is 0. The first kappa shape index (κ1) is 20.0. The van der Waals surface area contributed by atoms with Gasteiger partial charge in [-0.3, -0.25) is 0 Å². The predicted octanol–water partition coefficient (Wildman–Crippen LogP) is 4.12. The second-order valence-corrected chi connectivity index (χ2v) is 5.99. The number of hydrogen-bond donors (Lipinski definition) is 0. The molecule has 0 spiro atoms. The largest absolute Gasteiger partial charge is 0.465 e. The SMILES string of the molecule is COC(=O)C1=C(C(=O)OC)N(c2ccccc2-c2cc(F)cc(F)c2)C=CC=C1. The minimum absolute atomic E-state index is 0.0235. The van der Waals surface area contributed by atoms with Crippen molar-refractivity contribution in [2.24, 2.45) is 0 Å². The highest BCUT2D eigenvalue weighted by atomic mass is 19.1. The van der Waals surface area contributed by atoms with Gasteiger partial charge in [-0.2, -0.15) is 0 Å². The number of halogens is 2. The van der Waals surface area contributed by atoms with Crippen LogP contribution >= 0.6 is 0 Å². The number of para-hydroxylation sites is 1. The van der Waals surface area contributed by atoms with Crippen LogP contribution in [0.2, 0.25) is 0 Å². The number of methoxy groups -OCH3 is 2. The molecule has 0 fully saturated rings. The smallest absolute Gasteiger partial charge is 0.355 e. The molecular weight excluding hydrogens is 380 g/mol. The zero-order chi connectivity index (χ0) is 21.0. The Balaban J connectivity index is 2.26. The number of carbonyl (C=O) groups is 2. The number of esters is 2. The zero-order valence-electron chi connectivity index (χ0n) is 15.7. The topological polar surface area (TPSA) is 55.8 Å². The summed E-state index contributed by atoms with van der Waals surface area (Å²) in [5.74, 6) is -2.98. The third-order valence-electron chi connectivity index (χ3n) is 4.23. The van der Waals surface area contributed by atoms with Crippen LogP contribution in [0.15, 0.2) is 78.2 Å². The van der Waals surface area contributed by atoms with Crippen molar-refractivity contribution in [3.63, 3.8) is 0 Å². The highest BCUT2D eigenvalue weighted by molar-refractivity contribution is 6.06. The standard InChI is InChI=1S/C22H17F2NO4/c1-28-21(26)18-8-5-6-10-25(20(18)22(27)29-2)19-9-4-3-7-17(19)14-11-15(23)13-16(24)12-14/h3-13H,1-2H3. The van der Waals surface area contributed by atoms with Crippen LogP contribution in [-0.2, 0) is 19.1 Å². The first-order valence-corrected chi connectivity index (χ1v) is 8.56. The summed E-state index contributed by atoms with van der Waals surface area (Å²) in [6.07, 6.45) is 6.16. The van der Waals surface area contributed by atoms with Gasteiger partial charge in [-0.15, -0.1) is 0 Å². The van der Waals surface area contributed by atoms with Crippen molar-refractivity contribution in [1.29, 1.82) is 0 Å². The Morgan fingerprint density at radius 2 is 1.55 bits per heavy atom. The minimum atomic E-state index is -0.776. The van der Waals surface area contributed by atoms with E-state index >= 15 is 0 Å².